The average Bonchev–Trinajstić information content (AvgIpc) is 2.50. The highest BCUT2D eigenvalue weighted by atomic mass is 35.5. The lowest BCUT2D eigenvalue weighted by Crippen LogP contribution is -2.29. The molecule has 1 aromatic carbocycles. The van der Waals surface area contributed by atoms with E-state index in [1.807, 2.05) is 18.2 Å². The molecule has 5 heteroatoms. The minimum Gasteiger partial charge on any atom is -0.375 e. The molecule has 0 aliphatic rings. The molecule has 1 atom stereocenters. The van der Waals surface area contributed by atoms with Crippen LogP contribution in [0, 0.1) is 0 Å². The first-order valence-electron chi connectivity index (χ1n) is 6.19. The summed E-state index contributed by atoms with van der Waals surface area (Å²) in [6, 6.07) is 12.6. The highest BCUT2D eigenvalue weighted by molar-refractivity contribution is 6.31. The number of carbonyl (C=O) groups excluding carboxylic acids is 1. The van der Waals surface area contributed by atoms with E-state index in [9.17, 15) is 4.79 Å². The summed E-state index contributed by atoms with van der Waals surface area (Å²) in [7, 11) is 1.58. The number of aromatic nitrogens is 1. The molecule has 2 aromatic rings. The first-order chi connectivity index (χ1) is 9.72. The summed E-state index contributed by atoms with van der Waals surface area (Å²) in [5.41, 5.74) is 1.22. The molecule has 20 heavy (non-hydrogen) atoms. The molecule has 0 aliphatic carbocycles. The Hall–Kier alpha value is -1.91. The van der Waals surface area contributed by atoms with Crippen LogP contribution in [0.25, 0.3) is 0 Å². The number of nitrogens with zero attached hydrogens (tertiary/aromatic N) is 1. The zero-order valence-corrected chi connectivity index (χ0v) is 11.8. The van der Waals surface area contributed by atoms with Crippen LogP contribution < -0.4 is 5.32 Å². The van der Waals surface area contributed by atoms with Crippen LogP contribution in [0.15, 0.2) is 48.7 Å². The summed E-state index contributed by atoms with van der Waals surface area (Å²) in [6.07, 6.45) is 1.29. The Morgan fingerprint density at radius 1 is 1.30 bits per heavy atom. The van der Waals surface area contributed by atoms with Gasteiger partial charge in [0.2, 0.25) is 0 Å². The van der Waals surface area contributed by atoms with E-state index in [0.29, 0.717) is 17.3 Å². The van der Waals surface area contributed by atoms with Crippen molar-refractivity contribution in [3.8, 4) is 0 Å². The number of methoxy groups -OCH3 is 1. The van der Waals surface area contributed by atoms with Crippen molar-refractivity contribution >= 4 is 17.5 Å². The molecule has 0 radical (unpaired) electrons. The summed E-state index contributed by atoms with van der Waals surface area (Å²) in [5.74, 6) is -0.236. The number of amides is 1. The SMILES string of the molecule is COC(CNC(=O)c1ccccn1)c1ccccc1Cl. The molecule has 1 amide bonds. The second kappa shape index (κ2) is 7.03. The van der Waals surface area contributed by atoms with Gasteiger partial charge >= 0.3 is 0 Å². The van der Waals surface area contributed by atoms with Crippen LogP contribution in [-0.4, -0.2) is 24.5 Å². The number of carbonyl (C=O) groups is 1. The topological polar surface area (TPSA) is 51.2 Å². The van der Waals surface area contributed by atoms with Gasteiger partial charge in [0.15, 0.2) is 0 Å². The molecule has 0 bridgehead atoms. The van der Waals surface area contributed by atoms with E-state index < -0.39 is 0 Å². The molecule has 0 saturated carbocycles. The Kier molecular flexibility index (Phi) is 5.09. The third-order valence-electron chi connectivity index (χ3n) is 2.88. The van der Waals surface area contributed by atoms with Crippen molar-refractivity contribution in [2.24, 2.45) is 0 Å². The highest BCUT2D eigenvalue weighted by Gasteiger charge is 2.15. The van der Waals surface area contributed by atoms with E-state index in [0.717, 1.165) is 5.56 Å². The van der Waals surface area contributed by atoms with E-state index in [-0.39, 0.29) is 12.0 Å². The zero-order chi connectivity index (χ0) is 14.4. The molecule has 1 aromatic heterocycles. The number of pyridine rings is 1. The van der Waals surface area contributed by atoms with Crippen LogP contribution in [0.4, 0.5) is 0 Å². The maximum absolute atomic E-state index is 11.9. The molecule has 104 valence electrons. The van der Waals surface area contributed by atoms with E-state index in [4.69, 9.17) is 16.3 Å². The van der Waals surface area contributed by atoms with Gasteiger partial charge in [0.25, 0.3) is 5.91 Å². The number of hydrogen-bond donors (Lipinski definition) is 1. The number of rotatable bonds is 5. The Morgan fingerprint density at radius 2 is 2.05 bits per heavy atom. The van der Waals surface area contributed by atoms with Crippen LogP contribution >= 0.6 is 11.6 Å². The molecule has 0 aliphatic heterocycles. The third kappa shape index (κ3) is 3.56. The Bertz CT molecular complexity index is 575. The van der Waals surface area contributed by atoms with Gasteiger partial charge in [-0.1, -0.05) is 35.9 Å². The van der Waals surface area contributed by atoms with Gasteiger partial charge in [-0.25, -0.2) is 0 Å². The fourth-order valence-electron chi connectivity index (χ4n) is 1.83. The standard InChI is InChI=1S/C15H15ClN2O2/c1-20-14(11-6-2-3-7-12(11)16)10-18-15(19)13-8-4-5-9-17-13/h2-9,14H,10H2,1H3,(H,18,19). The quantitative estimate of drug-likeness (QED) is 0.921. The average molecular weight is 291 g/mol. The second-order valence-electron chi connectivity index (χ2n) is 4.17. The zero-order valence-electron chi connectivity index (χ0n) is 11.0. The summed E-state index contributed by atoms with van der Waals surface area (Å²) < 4.78 is 5.38. The van der Waals surface area contributed by atoms with Gasteiger partial charge in [0, 0.05) is 30.4 Å². The molecular formula is C15H15ClN2O2. The van der Waals surface area contributed by atoms with Gasteiger partial charge < -0.3 is 10.1 Å². The van der Waals surface area contributed by atoms with Gasteiger partial charge in [-0.2, -0.15) is 0 Å². The molecule has 2 rings (SSSR count). The highest BCUT2D eigenvalue weighted by Crippen LogP contribution is 2.24. The number of nitrogens with one attached hydrogen (secondary N) is 1. The van der Waals surface area contributed by atoms with Crippen molar-refractivity contribution in [1.29, 1.82) is 0 Å². The summed E-state index contributed by atoms with van der Waals surface area (Å²) in [5, 5.41) is 3.41. The van der Waals surface area contributed by atoms with Crippen LogP contribution in [0.5, 0.6) is 0 Å². The molecule has 1 unspecified atom stereocenters. The fourth-order valence-corrected chi connectivity index (χ4v) is 2.09. The first kappa shape index (κ1) is 14.5. The Balaban J connectivity index is 2.02. The molecule has 4 nitrogen and oxygen atoms in total. The largest absolute Gasteiger partial charge is 0.375 e. The van der Waals surface area contributed by atoms with Crippen LogP contribution in [-0.2, 0) is 4.74 Å². The molecule has 0 fully saturated rings. The number of benzene rings is 1. The van der Waals surface area contributed by atoms with Crippen molar-refractivity contribution in [2.75, 3.05) is 13.7 Å². The van der Waals surface area contributed by atoms with Gasteiger partial charge in [-0.15, -0.1) is 0 Å². The maximum atomic E-state index is 11.9. The number of ether oxygens (including phenoxy) is 1. The summed E-state index contributed by atoms with van der Waals surface area (Å²) in [6.45, 7) is 0.329. The Labute approximate surface area is 122 Å². The van der Waals surface area contributed by atoms with Crippen LogP contribution in [0.1, 0.15) is 22.2 Å². The normalized spacial score (nSPS) is 11.9. The lowest BCUT2D eigenvalue weighted by molar-refractivity contribution is 0.0824. The lowest BCUT2D eigenvalue weighted by atomic mass is 10.1. The van der Waals surface area contributed by atoms with Gasteiger partial charge in [0.05, 0.1) is 0 Å². The third-order valence-corrected chi connectivity index (χ3v) is 3.23. The van der Waals surface area contributed by atoms with Gasteiger partial charge in [-0.05, 0) is 18.2 Å². The van der Waals surface area contributed by atoms with E-state index in [1.165, 1.54) is 0 Å². The lowest BCUT2D eigenvalue weighted by Gasteiger charge is -2.17. The monoisotopic (exact) mass is 290 g/mol. The molecular weight excluding hydrogens is 276 g/mol. The van der Waals surface area contributed by atoms with Crippen molar-refractivity contribution in [3.63, 3.8) is 0 Å². The van der Waals surface area contributed by atoms with Crippen LogP contribution in [0.3, 0.4) is 0 Å². The smallest absolute Gasteiger partial charge is 0.269 e. The molecule has 1 N–H and O–H groups in total. The van der Waals surface area contributed by atoms with Crippen molar-refractivity contribution in [1.82, 2.24) is 10.3 Å². The summed E-state index contributed by atoms with van der Waals surface area (Å²) in [4.78, 5) is 15.9. The van der Waals surface area contributed by atoms with Crippen molar-refractivity contribution in [3.05, 3.63) is 64.9 Å². The fraction of sp³-hybridized carbons (Fsp3) is 0.200. The van der Waals surface area contributed by atoms with Gasteiger partial charge in [-0.3, -0.25) is 9.78 Å². The van der Waals surface area contributed by atoms with E-state index >= 15 is 0 Å². The maximum Gasteiger partial charge on any atom is 0.269 e. The predicted octanol–water partition coefficient (Wildman–Crippen LogP) is 2.85. The summed E-state index contributed by atoms with van der Waals surface area (Å²) >= 11 is 6.13. The number of halogens is 1. The molecule has 0 spiro atoms. The van der Waals surface area contributed by atoms with Crippen molar-refractivity contribution in [2.45, 2.75) is 6.10 Å². The predicted molar refractivity (Wildman–Crippen MR) is 77.8 cm³/mol. The van der Waals surface area contributed by atoms with E-state index in [1.54, 1.807) is 37.6 Å². The molecule has 0 saturated heterocycles. The van der Waals surface area contributed by atoms with Crippen LogP contribution in [0.2, 0.25) is 5.02 Å². The first-order valence-corrected chi connectivity index (χ1v) is 6.56. The van der Waals surface area contributed by atoms with E-state index in [2.05, 4.69) is 10.3 Å². The minimum absolute atomic E-state index is 0.236. The second-order valence-corrected chi connectivity index (χ2v) is 4.58. The van der Waals surface area contributed by atoms with Gasteiger partial charge in [0.1, 0.15) is 11.8 Å². The Morgan fingerprint density at radius 3 is 2.70 bits per heavy atom. The number of hydrogen-bond acceptors (Lipinski definition) is 3. The van der Waals surface area contributed by atoms with Crippen molar-refractivity contribution < 1.29 is 9.53 Å². The minimum atomic E-state index is -0.295. The molecule has 1 heterocycles.